The fourth-order valence-corrected chi connectivity index (χ4v) is 4.01. The zero-order valence-corrected chi connectivity index (χ0v) is 16.7. The lowest BCUT2D eigenvalue weighted by Crippen LogP contribution is -1.98. The molecule has 0 unspecified atom stereocenters. The molecule has 0 aliphatic heterocycles. The summed E-state index contributed by atoms with van der Waals surface area (Å²) in [6.45, 7) is 9.13. The molecule has 0 saturated heterocycles. The van der Waals surface area contributed by atoms with E-state index in [1.165, 1.54) is 44.5 Å². The zero-order valence-electron chi connectivity index (χ0n) is 16.7. The highest BCUT2D eigenvalue weighted by atomic mass is 14.3. The standard InChI is InChI=1S/C27H27/c1-18(2)22-16-21-14-15-23(19(3)4)27(26(21)17-22)25-13-9-8-12-24(25)20-10-6-5-7-11-20/h5-19H,1-4H3. The Hall–Kier alpha value is -2.60. The number of benzene rings is 3. The molecule has 0 fully saturated rings. The molecule has 0 heteroatoms. The van der Waals surface area contributed by atoms with E-state index >= 15 is 0 Å². The Balaban J connectivity index is 2.00. The van der Waals surface area contributed by atoms with Gasteiger partial charge in [0.2, 0.25) is 0 Å². The number of rotatable bonds is 4. The third-order valence-corrected chi connectivity index (χ3v) is 5.51. The maximum Gasteiger partial charge on any atom is 0.0167 e. The van der Waals surface area contributed by atoms with E-state index in [4.69, 9.17) is 0 Å². The summed E-state index contributed by atoms with van der Waals surface area (Å²) in [7, 11) is 0. The van der Waals surface area contributed by atoms with Gasteiger partial charge in [-0.05, 0) is 50.8 Å². The molecule has 1 aliphatic carbocycles. The van der Waals surface area contributed by atoms with Crippen molar-refractivity contribution in [3.63, 3.8) is 0 Å². The molecular weight excluding hydrogens is 324 g/mol. The predicted octanol–water partition coefficient (Wildman–Crippen LogP) is 7.75. The molecule has 135 valence electrons. The maximum atomic E-state index is 2.41. The summed E-state index contributed by atoms with van der Waals surface area (Å²) < 4.78 is 0. The summed E-state index contributed by atoms with van der Waals surface area (Å²) in [5, 5.41) is 0. The van der Waals surface area contributed by atoms with Crippen LogP contribution in [0.25, 0.3) is 28.3 Å². The third kappa shape index (κ3) is 3.25. The van der Waals surface area contributed by atoms with Gasteiger partial charge < -0.3 is 0 Å². The minimum atomic E-state index is 0.477. The van der Waals surface area contributed by atoms with E-state index in [1.54, 1.807) is 0 Å². The first-order valence-electron chi connectivity index (χ1n) is 9.94. The van der Waals surface area contributed by atoms with Gasteiger partial charge in [-0.25, -0.2) is 0 Å². The summed E-state index contributed by atoms with van der Waals surface area (Å²) >= 11 is 0. The van der Waals surface area contributed by atoms with Crippen molar-refractivity contribution in [2.75, 3.05) is 0 Å². The molecule has 4 rings (SSSR count). The molecule has 0 saturated carbocycles. The Bertz CT molecular complexity index is 988. The zero-order chi connectivity index (χ0) is 19.0. The van der Waals surface area contributed by atoms with Gasteiger partial charge in [-0.3, -0.25) is 0 Å². The molecule has 3 aromatic carbocycles. The van der Waals surface area contributed by atoms with Crippen molar-refractivity contribution in [1.29, 1.82) is 0 Å². The second kappa shape index (κ2) is 7.19. The largest absolute Gasteiger partial charge is 0.0622 e. The highest BCUT2D eigenvalue weighted by molar-refractivity contribution is 5.92. The number of hydrogen-bond acceptors (Lipinski definition) is 0. The molecule has 0 heterocycles. The first-order chi connectivity index (χ1) is 13.1. The summed E-state index contributed by atoms with van der Waals surface area (Å²) in [5.74, 6) is 1.02. The molecule has 0 spiro atoms. The van der Waals surface area contributed by atoms with Crippen molar-refractivity contribution in [3.05, 3.63) is 95.4 Å². The molecule has 0 bridgehead atoms. The van der Waals surface area contributed by atoms with Crippen LogP contribution in [0.3, 0.4) is 0 Å². The van der Waals surface area contributed by atoms with Gasteiger partial charge in [0.05, 0.1) is 0 Å². The van der Waals surface area contributed by atoms with Gasteiger partial charge in [0, 0.05) is 6.42 Å². The Morgan fingerprint density at radius 1 is 0.630 bits per heavy atom. The van der Waals surface area contributed by atoms with E-state index < -0.39 is 0 Å². The second-order valence-electron chi connectivity index (χ2n) is 8.04. The SMILES string of the molecule is CC(C)C1=Cc2c(ccc(C(C)C)c2-c2ccccc2-c2ccccc2)[CH]1. The highest BCUT2D eigenvalue weighted by Crippen LogP contribution is 2.44. The summed E-state index contributed by atoms with van der Waals surface area (Å²) in [5.41, 5.74) is 10.9. The predicted molar refractivity (Wildman–Crippen MR) is 118 cm³/mol. The number of fused-ring (bicyclic) bond motifs is 1. The minimum Gasteiger partial charge on any atom is -0.0622 e. The van der Waals surface area contributed by atoms with Crippen molar-refractivity contribution in [1.82, 2.24) is 0 Å². The van der Waals surface area contributed by atoms with Crippen molar-refractivity contribution < 1.29 is 0 Å². The fourth-order valence-electron chi connectivity index (χ4n) is 4.01. The number of hydrogen-bond donors (Lipinski definition) is 0. The van der Waals surface area contributed by atoms with Crippen LogP contribution in [0.4, 0.5) is 0 Å². The molecule has 3 aromatic rings. The lowest BCUT2D eigenvalue weighted by Gasteiger charge is -2.20. The summed E-state index contributed by atoms with van der Waals surface area (Å²) in [6.07, 6.45) is 4.77. The topological polar surface area (TPSA) is 0 Å². The van der Waals surface area contributed by atoms with E-state index in [0.717, 1.165) is 0 Å². The van der Waals surface area contributed by atoms with Crippen LogP contribution in [0.5, 0.6) is 0 Å². The van der Waals surface area contributed by atoms with Crippen LogP contribution in [0.15, 0.2) is 72.3 Å². The van der Waals surface area contributed by atoms with Crippen LogP contribution in [0.1, 0.15) is 50.3 Å². The van der Waals surface area contributed by atoms with Gasteiger partial charge in [-0.15, -0.1) is 0 Å². The van der Waals surface area contributed by atoms with Crippen molar-refractivity contribution in [2.24, 2.45) is 5.92 Å². The molecule has 0 amide bonds. The smallest absolute Gasteiger partial charge is 0.0167 e. The Morgan fingerprint density at radius 2 is 1.30 bits per heavy atom. The minimum absolute atomic E-state index is 0.477. The van der Waals surface area contributed by atoms with E-state index in [9.17, 15) is 0 Å². The van der Waals surface area contributed by atoms with Crippen LogP contribution in [0.2, 0.25) is 0 Å². The van der Waals surface area contributed by atoms with Gasteiger partial charge in [-0.1, -0.05) is 106 Å². The van der Waals surface area contributed by atoms with Gasteiger partial charge >= 0.3 is 0 Å². The van der Waals surface area contributed by atoms with Crippen molar-refractivity contribution >= 4 is 6.08 Å². The first kappa shape index (κ1) is 17.8. The molecule has 1 radical (unpaired) electrons. The molecule has 0 aromatic heterocycles. The Labute approximate surface area is 163 Å². The van der Waals surface area contributed by atoms with Gasteiger partial charge in [0.15, 0.2) is 0 Å². The lowest BCUT2D eigenvalue weighted by atomic mass is 9.84. The maximum absolute atomic E-state index is 2.41. The molecular formula is C27H27. The molecule has 1 aliphatic rings. The second-order valence-corrected chi connectivity index (χ2v) is 8.04. The van der Waals surface area contributed by atoms with Crippen molar-refractivity contribution in [3.8, 4) is 22.3 Å². The van der Waals surface area contributed by atoms with Gasteiger partial charge in [0.1, 0.15) is 0 Å². The third-order valence-electron chi connectivity index (χ3n) is 5.51. The molecule has 0 nitrogen and oxygen atoms in total. The monoisotopic (exact) mass is 351 g/mol. The van der Waals surface area contributed by atoms with E-state index in [1.807, 2.05) is 0 Å². The molecule has 0 atom stereocenters. The Kier molecular flexibility index (Phi) is 4.74. The first-order valence-corrected chi connectivity index (χ1v) is 9.94. The van der Waals surface area contributed by atoms with E-state index in [0.29, 0.717) is 11.8 Å². The lowest BCUT2D eigenvalue weighted by molar-refractivity contribution is 0.789. The molecule has 27 heavy (non-hydrogen) atoms. The Morgan fingerprint density at radius 3 is 1.96 bits per heavy atom. The fraction of sp³-hybridized carbons (Fsp3) is 0.222. The number of allylic oxidation sites excluding steroid dienone is 1. The van der Waals surface area contributed by atoms with Gasteiger partial charge in [0.25, 0.3) is 0 Å². The van der Waals surface area contributed by atoms with Crippen LogP contribution >= 0.6 is 0 Å². The van der Waals surface area contributed by atoms with Crippen LogP contribution < -0.4 is 0 Å². The van der Waals surface area contributed by atoms with E-state index in [2.05, 4.69) is 107 Å². The average molecular weight is 352 g/mol. The molecule has 0 N–H and O–H groups in total. The highest BCUT2D eigenvalue weighted by Gasteiger charge is 2.23. The van der Waals surface area contributed by atoms with Gasteiger partial charge in [-0.2, -0.15) is 0 Å². The summed E-state index contributed by atoms with van der Waals surface area (Å²) in [4.78, 5) is 0. The summed E-state index contributed by atoms with van der Waals surface area (Å²) in [6, 6.07) is 24.2. The van der Waals surface area contributed by atoms with Crippen LogP contribution in [-0.2, 0) is 0 Å². The van der Waals surface area contributed by atoms with Crippen LogP contribution in [0, 0.1) is 12.3 Å². The van der Waals surface area contributed by atoms with Crippen LogP contribution in [-0.4, -0.2) is 0 Å². The quantitative estimate of drug-likeness (QED) is 0.451. The normalized spacial score (nSPS) is 13.2. The average Bonchev–Trinajstić information content (AvgIpc) is 3.12. The van der Waals surface area contributed by atoms with E-state index in [-0.39, 0.29) is 0 Å². The van der Waals surface area contributed by atoms with Crippen molar-refractivity contribution in [2.45, 2.75) is 33.6 Å².